The molecule has 230 valence electrons. The van der Waals surface area contributed by atoms with Crippen molar-refractivity contribution in [1.82, 2.24) is 15.3 Å². The van der Waals surface area contributed by atoms with Crippen LogP contribution in [0.25, 0.3) is 10.9 Å². The number of amides is 2. The van der Waals surface area contributed by atoms with Gasteiger partial charge in [-0.05, 0) is 61.4 Å². The predicted octanol–water partition coefficient (Wildman–Crippen LogP) is 7.09. The molecule has 2 N–H and O–H groups in total. The number of hydrogen-bond donors (Lipinski definition) is 2. The number of hydrazone groups is 1. The maximum Gasteiger partial charge on any atom is 0.262 e. The number of nitrogens with zero attached hydrogens (tertiary/aromatic N) is 2. The molecule has 5 aromatic rings. The van der Waals surface area contributed by atoms with Gasteiger partial charge in [-0.15, -0.1) is 0 Å². The Labute approximate surface area is 270 Å². The predicted molar refractivity (Wildman–Crippen MR) is 177 cm³/mol. The van der Waals surface area contributed by atoms with Crippen molar-refractivity contribution >= 4 is 52.1 Å². The topological polar surface area (TPSA) is 84.7 Å². The molecule has 2 atom stereocenters. The van der Waals surface area contributed by atoms with Crippen LogP contribution in [0, 0.1) is 12.7 Å². The highest BCUT2D eigenvalue weighted by atomic mass is 35.5. The van der Waals surface area contributed by atoms with Crippen molar-refractivity contribution in [2.24, 2.45) is 5.10 Å². The normalized spacial score (nSPS) is 12.6. The zero-order valence-corrected chi connectivity index (χ0v) is 26.1. The third kappa shape index (κ3) is 7.90. The zero-order chi connectivity index (χ0) is 31.9. The van der Waals surface area contributed by atoms with E-state index >= 15 is 0 Å². The quantitative estimate of drug-likeness (QED) is 0.119. The van der Waals surface area contributed by atoms with E-state index in [4.69, 9.17) is 27.9 Å². The van der Waals surface area contributed by atoms with E-state index in [0.29, 0.717) is 17.3 Å². The standard InChI is InChI=1S/C35H31Cl2FN4O3/c1-22-29(28-10-6-7-11-32(28)42(22)21-25-12-15-27(38)16-13-25)20-39-41-35(44)31(18-24-8-4-3-5-9-24)40-34(43)23(2)45-33-17-14-26(36)19-30(33)37/h3-17,19-20,23,31H,18,21H2,1-2H3,(H,40,43)(H,41,44)/b39-20-/t23-,31-/m0/s1. The molecule has 0 fully saturated rings. The molecule has 0 aliphatic carbocycles. The van der Waals surface area contributed by atoms with E-state index in [1.54, 1.807) is 37.4 Å². The molecule has 0 aliphatic heterocycles. The minimum Gasteiger partial charge on any atom is -0.479 e. The summed E-state index contributed by atoms with van der Waals surface area (Å²) in [6.45, 7) is 4.08. The number of rotatable bonds is 11. The first kappa shape index (κ1) is 31.8. The van der Waals surface area contributed by atoms with Gasteiger partial charge in [0.15, 0.2) is 6.10 Å². The number of fused-ring (bicyclic) bond motifs is 1. The number of halogens is 3. The molecule has 0 spiro atoms. The van der Waals surface area contributed by atoms with Crippen LogP contribution in [0.1, 0.15) is 29.3 Å². The van der Waals surface area contributed by atoms with Gasteiger partial charge >= 0.3 is 0 Å². The first-order chi connectivity index (χ1) is 21.7. The van der Waals surface area contributed by atoms with E-state index in [1.165, 1.54) is 18.2 Å². The number of nitrogens with one attached hydrogen (secondary N) is 2. The molecule has 0 unspecified atom stereocenters. The maximum atomic E-state index is 13.5. The minimum atomic E-state index is -0.951. The second-order valence-electron chi connectivity index (χ2n) is 10.5. The lowest BCUT2D eigenvalue weighted by Crippen LogP contribution is -2.50. The molecule has 5 rings (SSSR count). The highest BCUT2D eigenvalue weighted by molar-refractivity contribution is 6.35. The van der Waals surface area contributed by atoms with Crippen molar-refractivity contribution in [3.63, 3.8) is 0 Å². The Morgan fingerprint density at radius 1 is 0.933 bits per heavy atom. The van der Waals surface area contributed by atoms with Crippen LogP contribution in [-0.4, -0.2) is 34.7 Å². The van der Waals surface area contributed by atoms with Crippen LogP contribution in [0.3, 0.4) is 0 Å². The van der Waals surface area contributed by atoms with Gasteiger partial charge in [0.1, 0.15) is 17.6 Å². The van der Waals surface area contributed by atoms with Crippen LogP contribution in [0.15, 0.2) is 102 Å². The number of para-hydroxylation sites is 1. The van der Waals surface area contributed by atoms with Crippen LogP contribution in [-0.2, 0) is 22.6 Å². The summed E-state index contributed by atoms with van der Waals surface area (Å²) in [6, 6.07) is 27.4. The van der Waals surface area contributed by atoms with Crippen LogP contribution in [0.5, 0.6) is 5.75 Å². The fraction of sp³-hybridized carbons (Fsp3) is 0.171. The molecule has 1 heterocycles. The Hall–Kier alpha value is -4.66. The summed E-state index contributed by atoms with van der Waals surface area (Å²) in [5.74, 6) is -0.980. The van der Waals surface area contributed by atoms with Gasteiger partial charge < -0.3 is 14.6 Å². The molecular formula is C35H31Cl2FN4O3. The van der Waals surface area contributed by atoms with Gasteiger partial charge in [0, 0.05) is 40.1 Å². The fourth-order valence-electron chi connectivity index (χ4n) is 5.00. The highest BCUT2D eigenvalue weighted by Crippen LogP contribution is 2.28. The fourth-order valence-corrected chi connectivity index (χ4v) is 5.45. The number of hydrogen-bond acceptors (Lipinski definition) is 4. The monoisotopic (exact) mass is 644 g/mol. The average Bonchev–Trinajstić information content (AvgIpc) is 3.29. The van der Waals surface area contributed by atoms with Crippen molar-refractivity contribution in [1.29, 1.82) is 0 Å². The molecule has 0 saturated carbocycles. The molecule has 0 aliphatic rings. The summed E-state index contributed by atoms with van der Waals surface area (Å²) in [6.07, 6.45) is 0.887. The lowest BCUT2D eigenvalue weighted by atomic mass is 10.1. The molecule has 0 radical (unpaired) electrons. The second kappa shape index (κ2) is 14.4. The van der Waals surface area contributed by atoms with Crippen LogP contribution < -0.4 is 15.5 Å². The van der Waals surface area contributed by atoms with Crippen molar-refractivity contribution in [2.75, 3.05) is 0 Å². The van der Waals surface area contributed by atoms with E-state index in [1.807, 2.05) is 61.5 Å². The van der Waals surface area contributed by atoms with Gasteiger partial charge in [-0.25, -0.2) is 9.82 Å². The number of ether oxygens (including phenoxy) is 1. The smallest absolute Gasteiger partial charge is 0.262 e. The van der Waals surface area contributed by atoms with E-state index in [9.17, 15) is 14.0 Å². The number of carbonyl (C=O) groups is 2. The van der Waals surface area contributed by atoms with Crippen molar-refractivity contribution in [3.8, 4) is 5.75 Å². The molecular weight excluding hydrogens is 614 g/mol. The molecule has 0 saturated heterocycles. The van der Waals surface area contributed by atoms with E-state index in [-0.39, 0.29) is 17.3 Å². The van der Waals surface area contributed by atoms with Crippen molar-refractivity contribution in [2.45, 2.75) is 39.0 Å². The number of carbonyl (C=O) groups excluding carboxylic acids is 2. The lowest BCUT2D eigenvalue weighted by Gasteiger charge is -2.21. The maximum absolute atomic E-state index is 13.5. The Morgan fingerprint density at radius 3 is 2.38 bits per heavy atom. The van der Waals surface area contributed by atoms with E-state index in [0.717, 1.165) is 33.3 Å². The molecule has 4 aromatic carbocycles. The molecule has 0 bridgehead atoms. The zero-order valence-electron chi connectivity index (χ0n) is 24.6. The lowest BCUT2D eigenvalue weighted by molar-refractivity contribution is -0.132. The number of benzene rings is 4. The Morgan fingerprint density at radius 2 is 1.64 bits per heavy atom. The van der Waals surface area contributed by atoms with Gasteiger partial charge in [0.05, 0.1) is 11.2 Å². The third-order valence-electron chi connectivity index (χ3n) is 7.38. The number of aromatic nitrogens is 1. The molecule has 2 amide bonds. The Kier molecular flexibility index (Phi) is 10.2. The summed E-state index contributed by atoms with van der Waals surface area (Å²) < 4.78 is 21.3. The van der Waals surface area contributed by atoms with Gasteiger partial charge in [-0.2, -0.15) is 5.10 Å². The van der Waals surface area contributed by atoms with Gasteiger partial charge in [0.25, 0.3) is 11.8 Å². The van der Waals surface area contributed by atoms with Crippen LogP contribution in [0.4, 0.5) is 4.39 Å². The first-order valence-electron chi connectivity index (χ1n) is 14.3. The van der Waals surface area contributed by atoms with Gasteiger partial charge in [-0.3, -0.25) is 9.59 Å². The summed E-state index contributed by atoms with van der Waals surface area (Å²) in [5.41, 5.74) is 7.16. The molecule has 10 heteroatoms. The SMILES string of the molecule is Cc1c(/C=N\NC(=O)[C@H](Cc2ccccc2)NC(=O)[C@H](C)Oc2ccc(Cl)cc2Cl)c2ccccc2n1Cc1ccc(F)cc1. The Balaban J connectivity index is 1.33. The van der Waals surface area contributed by atoms with Crippen LogP contribution >= 0.6 is 23.2 Å². The summed E-state index contributed by atoms with van der Waals surface area (Å²) in [4.78, 5) is 26.6. The average molecular weight is 646 g/mol. The molecule has 1 aromatic heterocycles. The third-order valence-corrected chi connectivity index (χ3v) is 7.92. The Bertz CT molecular complexity index is 1840. The largest absolute Gasteiger partial charge is 0.479 e. The minimum absolute atomic E-state index is 0.234. The summed E-state index contributed by atoms with van der Waals surface area (Å²) >= 11 is 12.2. The molecule has 45 heavy (non-hydrogen) atoms. The van der Waals surface area contributed by atoms with Gasteiger partial charge in [0.2, 0.25) is 0 Å². The highest BCUT2D eigenvalue weighted by Gasteiger charge is 2.25. The van der Waals surface area contributed by atoms with E-state index in [2.05, 4.69) is 20.4 Å². The van der Waals surface area contributed by atoms with Crippen LogP contribution in [0.2, 0.25) is 10.0 Å². The molecule has 7 nitrogen and oxygen atoms in total. The van der Waals surface area contributed by atoms with E-state index < -0.39 is 24.0 Å². The first-order valence-corrected chi connectivity index (χ1v) is 15.1. The van der Waals surface area contributed by atoms with Crippen molar-refractivity contribution < 1.29 is 18.7 Å². The summed E-state index contributed by atoms with van der Waals surface area (Å²) in [7, 11) is 0. The second-order valence-corrected chi connectivity index (χ2v) is 11.4. The van der Waals surface area contributed by atoms with Crippen molar-refractivity contribution in [3.05, 3.63) is 135 Å². The van der Waals surface area contributed by atoms with Gasteiger partial charge in [-0.1, -0.05) is 83.9 Å². The summed E-state index contributed by atoms with van der Waals surface area (Å²) in [5, 5.41) is 8.74.